The predicted molar refractivity (Wildman–Crippen MR) is 132 cm³/mol. The van der Waals surface area contributed by atoms with Crippen molar-refractivity contribution in [2.24, 2.45) is 7.05 Å². The van der Waals surface area contributed by atoms with E-state index in [1.165, 1.54) is 0 Å². The fourth-order valence-corrected chi connectivity index (χ4v) is 5.45. The van der Waals surface area contributed by atoms with Crippen molar-refractivity contribution < 1.29 is 14.0 Å². The van der Waals surface area contributed by atoms with Crippen LogP contribution in [0.25, 0.3) is 22.2 Å². The zero-order valence-electron chi connectivity index (χ0n) is 18.6. The van der Waals surface area contributed by atoms with Gasteiger partial charge in [0.2, 0.25) is 0 Å². The second-order valence-corrected chi connectivity index (χ2v) is 9.67. The molecule has 0 bridgehead atoms. The van der Waals surface area contributed by atoms with E-state index in [0.29, 0.717) is 41.0 Å². The molecule has 0 saturated carbocycles. The molecule has 34 heavy (non-hydrogen) atoms. The highest BCUT2D eigenvalue weighted by Gasteiger charge is 2.34. The molecule has 4 aromatic rings. The number of carbonyl (C=O) groups excluding carboxylic acids is 2. The summed E-state index contributed by atoms with van der Waals surface area (Å²) < 4.78 is 7.46. The van der Waals surface area contributed by atoms with Gasteiger partial charge >= 0.3 is 0 Å². The molecular weight excluding hydrogens is 474 g/mol. The lowest BCUT2D eigenvalue weighted by atomic mass is 10.1. The number of halogens is 1. The van der Waals surface area contributed by atoms with Crippen molar-refractivity contribution in [2.75, 3.05) is 18.8 Å². The molecule has 5 rings (SSSR count). The number of nitrogens with one attached hydrogen (secondary N) is 1. The van der Waals surface area contributed by atoms with Gasteiger partial charge in [-0.05, 0) is 18.2 Å². The fourth-order valence-electron chi connectivity index (χ4n) is 4.10. The van der Waals surface area contributed by atoms with Crippen molar-refractivity contribution in [3.63, 3.8) is 0 Å². The van der Waals surface area contributed by atoms with Crippen LogP contribution in [0.4, 0.5) is 0 Å². The summed E-state index contributed by atoms with van der Waals surface area (Å²) in [5.41, 5.74) is 2.19. The standard InChI is InChI=1S/C24H22ClN5O3S/c1-14-27-21(22(33-14)15-6-5-7-16(25)12-15)24(32)30-10-11-34-19(30)13-26-23(31)20-17-8-3-4-9-18(17)29(2)28-20/h3-9,12,19H,10-11,13H2,1-2H3,(H,26,31). The summed E-state index contributed by atoms with van der Waals surface area (Å²) in [5, 5.41) is 8.44. The van der Waals surface area contributed by atoms with Gasteiger partial charge in [0.05, 0.1) is 10.9 Å². The second kappa shape index (κ2) is 9.15. The van der Waals surface area contributed by atoms with E-state index in [9.17, 15) is 9.59 Å². The molecule has 3 heterocycles. The van der Waals surface area contributed by atoms with E-state index in [4.69, 9.17) is 16.0 Å². The molecule has 2 amide bonds. The van der Waals surface area contributed by atoms with E-state index >= 15 is 0 Å². The molecule has 1 saturated heterocycles. The normalized spacial score (nSPS) is 15.7. The number of hydrogen-bond donors (Lipinski definition) is 1. The highest BCUT2D eigenvalue weighted by Crippen LogP contribution is 2.31. The molecule has 1 unspecified atom stereocenters. The third kappa shape index (κ3) is 4.17. The Morgan fingerprint density at radius 2 is 2.03 bits per heavy atom. The summed E-state index contributed by atoms with van der Waals surface area (Å²) >= 11 is 7.75. The zero-order valence-corrected chi connectivity index (χ0v) is 20.2. The molecule has 0 spiro atoms. The van der Waals surface area contributed by atoms with Gasteiger partial charge in [-0.1, -0.05) is 41.9 Å². The highest BCUT2D eigenvalue weighted by atomic mass is 35.5. The lowest BCUT2D eigenvalue weighted by molar-refractivity contribution is 0.0746. The van der Waals surface area contributed by atoms with Crippen LogP contribution >= 0.6 is 23.4 Å². The Morgan fingerprint density at radius 1 is 1.21 bits per heavy atom. The van der Waals surface area contributed by atoms with Crippen LogP contribution in [-0.2, 0) is 7.05 Å². The molecule has 1 fully saturated rings. The molecule has 2 aromatic heterocycles. The van der Waals surface area contributed by atoms with E-state index < -0.39 is 0 Å². The van der Waals surface area contributed by atoms with Gasteiger partial charge in [-0.25, -0.2) is 4.98 Å². The molecule has 1 aliphatic rings. The van der Waals surface area contributed by atoms with Crippen LogP contribution in [0.2, 0.25) is 5.02 Å². The quantitative estimate of drug-likeness (QED) is 0.447. The van der Waals surface area contributed by atoms with Gasteiger partial charge in [-0.3, -0.25) is 14.3 Å². The third-order valence-corrected chi connectivity index (χ3v) is 7.14. The Morgan fingerprint density at radius 3 is 2.85 bits per heavy atom. The van der Waals surface area contributed by atoms with Crippen molar-refractivity contribution in [2.45, 2.75) is 12.3 Å². The molecule has 1 aliphatic heterocycles. The molecule has 1 atom stereocenters. The lowest BCUT2D eigenvalue weighted by Gasteiger charge is -2.23. The van der Waals surface area contributed by atoms with Crippen LogP contribution in [0.1, 0.15) is 26.9 Å². The minimum Gasteiger partial charge on any atom is -0.440 e. The minimum absolute atomic E-state index is 0.226. The largest absolute Gasteiger partial charge is 0.440 e. The number of fused-ring (bicyclic) bond motifs is 1. The molecule has 174 valence electrons. The molecule has 8 nitrogen and oxygen atoms in total. The smallest absolute Gasteiger partial charge is 0.277 e. The van der Waals surface area contributed by atoms with Crippen molar-refractivity contribution in [3.8, 4) is 11.3 Å². The minimum atomic E-state index is -0.270. The topological polar surface area (TPSA) is 93.3 Å². The molecule has 1 N–H and O–H groups in total. The van der Waals surface area contributed by atoms with Crippen LogP contribution in [-0.4, -0.2) is 55.7 Å². The van der Waals surface area contributed by atoms with E-state index in [1.807, 2.05) is 37.4 Å². The van der Waals surface area contributed by atoms with Crippen LogP contribution in [0.3, 0.4) is 0 Å². The van der Waals surface area contributed by atoms with E-state index in [2.05, 4.69) is 15.4 Å². The SMILES string of the molecule is Cc1nc(C(=O)N2CCSC2CNC(=O)c2nn(C)c3ccccc23)c(-c2cccc(Cl)c2)o1. The van der Waals surface area contributed by atoms with Crippen LogP contribution in [0, 0.1) is 6.92 Å². The first-order valence-electron chi connectivity index (χ1n) is 10.8. The number of amides is 2. The first-order valence-corrected chi connectivity index (χ1v) is 12.2. The zero-order chi connectivity index (χ0) is 23.8. The number of rotatable bonds is 5. The van der Waals surface area contributed by atoms with E-state index in [0.717, 1.165) is 16.7 Å². The first-order chi connectivity index (χ1) is 16.4. The Labute approximate surface area is 205 Å². The van der Waals surface area contributed by atoms with Gasteiger partial charge in [0.15, 0.2) is 23.0 Å². The van der Waals surface area contributed by atoms with Crippen molar-refractivity contribution in [1.82, 2.24) is 25.0 Å². The third-order valence-electron chi connectivity index (χ3n) is 5.68. The number of nitrogens with zero attached hydrogens (tertiary/aromatic N) is 4. The van der Waals surface area contributed by atoms with Gasteiger partial charge in [0.25, 0.3) is 11.8 Å². The molecule has 10 heteroatoms. The van der Waals surface area contributed by atoms with Crippen LogP contribution in [0.5, 0.6) is 0 Å². The van der Waals surface area contributed by atoms with Crippen molar-refractivity contribution in [3.05, 3.63) is 70.8 Å². The maximum absolute atomic E-state index is 13.5. The maximum atomic E-state index is 13.5. The number of oxazole rings is 1. The summed E-state index contributed by atoms with van der Waals surface area (Å²) in [6.07, 6.45) is 0. The Balaban J connectivity index is 1.34. The summed E-state index contributed by atoms with van der Waals surface area (Å²) in [6, 6.07) is 14.7. The maximum Gasteiger partial charge on any atom is 0.277 e. The van der Waals surface area contributed by atoms with Gasteiger partial charge < -0.3 is 14.6 Å². The molecule has 0 aliphatic carbocycles. The number of hydrogen-bond acceptors (Lipinski definition) is 6. The summed E-state index contributed by atoms with van der Waals surface area (Å²) in [6.45, 7) is 2.55. The lowest BCUT2D eigenvalue weighted by Crippen LogP contribution is -2.42. The predicted octanol–water partition coefficient (Wildman–Crippen LogP) is 4.14. The second-order valence-electron chi connectivity index (χ2n) is 7.94. The average molecular weight is 496 g/mol. The first kappa shape index (κ1) is 22.5. The Kier molecular flexibility index (Phi) is 6.05. The Bertz CT molecular complexity index is 1400. The van der Waals surface area contributed by atoms with Gasteiger partial charge in [0, 0.05) is 48.8 Å². The molecule has 2 aromatic carbocycles. The number of benzene rings is 2. The number of carbonyl (C=O) groups is 2. The van der Waals surface area contributed by atoms with E-state index in [1.54, 1.807) is 46.5 Å². The molecule has 0 radical (unpaired) electrons. The summed E-state index contributed by atoms with van der Waals surface area (Å²) in [5.74, 6) is 1.05. The summed E-state index contributed by atoms with van der Waals surface area (Å²) in [7, 11) is 1.81. The Hall–Kier alpha value is -3.30. The van der Waals surface area contributed by atoms with Crippen LogP contribution in [0.15, 0.2) is 52.9 Å². The number of para-hydroxylation sites is 1. The number of aryl methyl sites for hydroxylation is 2. The van der Waals surface area contributed by atoms with Crippen LogP contribution < -0.4 is 5.32 Å². The van der Waals surface area contributed by atoms with E-state index in [-0.39, 0.29) is 22.9 Å². The number of thioether (sulfide) groups is 1. The fraction of sp³-hybridized carbons (Fsp3) is 0.250. The number of aromatic nitrogens is 3. The van der Waals surface area contributed by atoms with Gasteiger partial charge in [-0.2, -0.15) is 5.10 Å². The average Bonchev–Trinajstić information content (AvgIpc) is 3.54. The van der Waals surface area contributed by atoms with Gasteiger partial charge in [0.1, 0.15) is 0 Å². The molecular formula is C24H22ClN5O3S. The monoisotopic (exact) mass is 495 g/mol. The highest BCUT2D eigenvalue weighted by molar-refractivity contribution is 8.00. The van der Waals surface area contributed by atoms with Crippen molar-refractivity contribution in [1.29, 1.82) is 0 Å². The summed E-state index contributed by atoms with van der Waals surface area (Å²) in [4.78, 5) is 32.5. The van der Waals surface area contributed by atoms with Gasteiger partial charge in [-0.15, -0.1) is 11.8 Å². The van der Waals surface area contributed by atoms with Crippen molar-refractivity contribution >= 4 is 46.1 Å².